The Morgan fingerprint density at radius 1 is 1.06 bits per heavy atom. The number of morpholine rings is 1. The number of hydrogen-bond donors (Lipinski definition) is 1. The zero-order valence-electron chi connectivity index (χ0n) is 11.6. The highest BCUT2D eigenvalue weighted by atomic mass is 32.2. The van der Waals surface area contributed by atoms with Crippen LogP contribution in [-0.2, 0) is 4.74 Å². The Bertz CT molecular complexity index is 232. The molecule has 2 heterocycles. The molecule has 2 aliphatic heterocycles. The van der Waals surface area contributed by atoms with Crippen molar-refractivity contribution in [2.24, 2.45) is 5.73 Å². The van der Waals surface area contributed by atoms with Gasteiger partial charge in [0.1, 0.15) is 0 Å². The van der Waals surface area contributed by atoms with Crippen molar-refractivity contribution >= 4 is 11.8 Å². The van der Waals surface area contributed by atoms with E-state index in [0.29, 0.717) is 4.75 Å². The number of thioether (sulfide) groups is 1. The monoisotopic (exact) mass is 273 g/mol. The van der Waals surface area contributed by atoms with Crippen LogP contribution in [0.25, 0.3) is 0 Å². The molecule has 0 aromatic carbocycles. The van der Waals surface area contributed by atoms with E-state index in [1.807, 2.05) is 11.8 Å². The number of likely N-dealkylation sites (tertiary alicyclic amines) is 1. The molecular formula is C13H27N3OS. The molecule has 0 bridgehead atoms. The van der Waals surface area contributed by atoms with Crippen LogP contribution < -0.4 is 5.73 Å². The van der Waals surface area contributed by atoms with Gasteiger partial charge in [0.2, 0.25) is 0 Å². The van der Waals surface area contributed by atoms with Crippen molar-refractivity contribution < 1.29 is 4.74 Å². The van der Waals surface area contributed by atoms with E-state index >= 15 is 0 Å². The Kier molecular flexibility index (Phi) is 5.76. The van der Waals surface area contributed by atoms with Gasteiger partial charge in [-0.05, 0) is 32.2 Å². The average molecular weight is 273 g/mol. The summed E-state index contributed by atoms with van der Waals surface area (Å²) in [6, 6.07) is 0. The third-order valence-electron chi connectivity index (χ3n) is 4.41. The normalized spacial score (nSPS) is 26.3. The molecule has 0 spiro atoms. The molecule has 2 N–H and O–H groups in total. The highest BCUT2D eigenvalue weighted by Crippen LogP contribution is 2.33. The summed E-state index contributed by atoms with van der Waals surface area (Å²) in [6.45, 7) is 9.66. The van der Waals surface area contributed by atoms with Crippen LogP contribution in [0.4, 0.5) is 0 Å². The van der Waals surface area contributed by atoms with Crippen molar-refractivity contribution in [3.8, 4) is 0 Å². The third-order valence-corrected chi connectivity index (χ3v) is 5.85. The lowest BCUT2D eigenvalue weighted by Gasteiger charge is -2.40. The average Bonchev–Trinajstić information content (AvgIpc) is 2.47. The number of piperidine rings is 1. The molecule has 0 aromatic rings. The van der Waals surface area contributed by atoms with Crippen LogP contribution in [0.3, 0.4) is 0 Å². The van der Waals surface area contributed by atoms with Gasteiger partial charge in [-0.3, -0.25) is 4.90 Å². The molecule has 0 amide bonds. The second-order valence-corrected chi connectivity index (χ2v) is 6.66. The molecule has 2 aliphatic rings. The third kappa shape index (κ3) is 3.84. The molecule has 2 saturated heterocycles. The van der Waals surface area contributed by atoms with Crippen LogP contribution in [0.1, 0.15) is 12.8 Å². The van der Waals surface area contributed by atoms with Crippen molar-refractivity contribution in [2.75, 3.05) is 65.3 Å². The second kappa shape index (κ2) is 7.10. The number of ether oxygens (including phenoxy) is 1. The van der Waals surface area contributed by atoms with Gasteiger partial charge in [-0.1, -0.05) is 0 Å². The predicted molar refractivity (Wildman–Crippen MR) is 78.2 cm³/mol. The number of rotatable bonds is 5. The maximum atomic E-state index is 5.92. The van der Waals surface area contributed by atoms with E-state index in [2.05, 4.69) is 16.1 Å². The molecule has 0 atom stereocenters. The maximum Gasteiger partial charge on any atom is 0.0594 e. The molecule has 18 heavy (non-hydrogen) atoms. The van der Waals surface area contributed by atoms with Crippen LogP contribution in [0, 0.1) is 0 Å². The summed E-state index contributed by atoms with van der Waals surface area (Å²) in [5, 5.41) is 0. The first-order valence-electron chi connectivity index (χ1n) is 7.06. The first-order chi connectivity index (χ1) is 8.78. The van der Waals surface area contributed by atoms with Gasteiger partial charge in [0, 0.05) is 37.5 Å². The van der Waals surface area contributed by atoms with Gasteiger partial charge in [-0.15, -0.1) is 0 Å². The summed E-state index contributed by atoms with van der Waals surface area (Å²) in [6.07, 6.45) is 4.69. The first kappa shape index (κ1) is 14.6. The van der Waals surface area contributed by atoms with Crippen molar-refractivity contribution in [3.05, 3.63) is 0 Å². The maximum absolute atomic E-state index is 5.92. The van der Waals surface area contributed by atoms with Gasteiger partial charge in [-0.2, -0.15) is 11.8 Å². The molecule has 106 valence electrons. The van der Waals surface area contributed by atoms with E-state index in [1.54, 1.807) is 0 Å². The van der Waals surface area contributed by atoms with E-state index in [0.717, 1.165) is 32.8 Å². The molecule has 2 fully saturated rings. The van der Waals surface area contributed by atoms with Crippen LogP contribution >= 0.6 is 11.8 Å². The van der Waals surface area contributed by atoms with E-state index in [4.69, 9.17) is 10.5 Å². The lowest BCUT2D eigenvalue weighted by molar-refractivity contribution is 0.0319. The minimum Gasteiger partial charge on any atom is -0.379 e. The lowest BCUT2D eigenvalue weighted by Crippen LogP contribution is -2.49. The zero-order chi connectivity index (χ0) is 12.8. The van der Waals surface area contributed by atoms with Crippen LogP contribution in [0.2, 0.25) is 0 Å². The van der Waals surface area contributed by atoms with Crippen molar-refractivity contribution in [1.29, 1.82) is 0 Å². The van der Waals surface area contributed by atoms with Gasteiger partial charge >= 0.3 is 0 Å². The first-order valence-corrected chi connectivity index (χ1v) is 8.28. The number of nitrogens with zero attached hydrogens (tertiary/aromatic N) is 2. The second-order valence-electron chi connectivity index (χ2n) is 5.39. The van der Waals surface area contributed by atoms with E-state index in [1.165, 1.54) is 39.0 Å². The van der Waals surface area contributed by atoms with Crippen molar-refractivity contribution in [2.45, 2.75) is 17.6 Å². The van der Waals surface area contributed by atoms with Gasteiger partial charge in [0.15, 0.2) is 0 Å². The molecule has 0 aliphatic carbocycles. The lowest BCUT2D eigenvalue weighted by atomic mass is 9.96. The van der Waals surface area contributed by atoms with Gasteiger partial charge < -0.3 is 15.4 Å². The minimum atomic E-state index is 0.357. The largest absolute Gasteiger partial charge is 0.379 e. The topological polar surface area (TPSA) is 41.7 Å². The Balaban J connectivity index is 1.66. The van der Waals surface area contributed by atoms with E-state index < -0.39 is 0 Å². The summed E-state index contributed by atoms with van der Waals surface area (Å²) in [4.78, 5) is 5.11. The summed E-state index contributed by atoms with van der Waals surface area (Å²) in [5.41, 5.74) is 5.92. The fourth-order valence-corrected chi connectivity index (χ4v) is 3.54. The standard InChI is InChI=1S/C13H27N3OS/c1-18-13(12-14)2-4-15(5-3-13)6-7-16-8-10-17-11-9-16/h2-12,14H2,1H3. The Morgan fingerprint density at radius 3 is 2.11 bits per heavy atom. The molecule has 4 nitrogen and oxygen atoms in total. The fraction of sp³-hybridized carbons (Fsp3) is 1.00. The van der Waals surface area contributed by atoms with Crippen molar-refractivity contribution in [3.63, 3.8) is 0 Å². The summed E-state index contributed by atoms with van der Waals surface area (Å²) in [5.74, 6) is 0. The molecule has 2 rings (SSSR count). The van der Waals surface area contributed by atoms with Gasteiger partial charge in [0.05, 0.1) is 13.2 Å². The number of hydrogen-bond acceptors (Lipinski definition) is 5. The Morgan fingerprint density at radius 2 is 1.61 bits per heavy atom. The Labute approximate surface area is 115 Å². The number of nitrogens with two attached hydrogens (primary N) is 1. The molecule has 0 radical (unpaired) electrons. The van der Waals surface area contributed by atoms with Gasteiger partial charge in [0.25, 0.3) is 0 Å². The zero-order valence-corrected chi connectivity index (χ0v) is 12.4. The minimum absolute atomic E-state index is 0.357. The predicted octanol–water partition coefficient (Wildman–Crippen LogP) is 0.475. The summed E-state index contributed by atoms with van der Waals surface area (Å²) in [7, 11) is 0. The molecule has 0 unspecified atom stereocenters. The van der Waals surface area contributed by atoms with Crippen LogP contribution in [0.5, 0.6) is 0 Å². The summed E-state index contributed by atoms with van der Waals surface area (Å²) >= 11 is 1.96. The fourth-order valence-electron chi connectivity index (χ4n) is 2.78. The van der Waals surface area contributed by atoms with E-state index in [-0.39, 0.29) is 0 Å². The van der Waals surface area contributed by atoms with Crippen molar-refractivity contribution in [1.82, 2.24) is 9.80 Å². The molecule has 0 aromatic heterocycles. The van der Waals surface area contributed by atoms with Crippen LogP contribution in [0.15, 0.2) is 0 Å². The molecular weight excluding hydrogens is 246 g/mol. The van der Waals surface area contributed by atoms with E-state index in [9.17, 15) is 0 Å². The highest BCUT2D eigenvalue weighted by Gasteiger charge is 2.32. The molecule has 5 heteroatoms. The SMILES string of the molecule is CSC1(CN)CCN(CCN2CCOCC2)CC1. The smallest absolute Gasteiger partial charge is 0.0594 e. The quantitative estimate of drug-likeness (QED) is 0.789. The van der Waals surface area contributed by atoms with Crippen LogP contribution in [-0.4, -0.2) is 79.8 Å². The molecule has 0 saturated carbocycles. The highest BCUT2D eigenvalue weighted by molar-refractivity contribution is 8.00. The van der Waals surface area contributed by atoms with Gasteiger partial charge in [-0.25, -0.2) is 0 Å². The Hall–Kier alpha value is 0.190. The summed E-state index contributed by atoms with van der Waals surface area (Å²) < 4.78 is 5.73.